The number of aryl methyl sites for hydroxylation is 2. The Bertz CT molecular complexity index is 655. The summed E-state index contributed by atoms with van der Waals surface area (Å²) in [5.74, 6) is 0. The predicted octanol–water partition coefficient (Wildman–Crippen LogP) is 6.97. The summed E-state index contributed by atoms with van der Waals surface area (Å²) < 4.78 is 5.70. The Balaban J connectivity index is 1.64. The molecule has 4 nitrogen and oxygen atoms in total. The van der Waals surface area contributed by atoms with Gasteiger partial charge in [0.2, 0.25) is 0 Å². The second kappa shape index (κ2) is 16.0. The van der Waals surface area contributed by atoms with Crippen LogP contribution in [0.25, 0.3) is 11.4 Å². The van der Waals surface area contributed by atoms with Gasteiger partial charge < -0.3 is 4.74 Å². The lowest BCUT2D eigenvalue weighted by Gasteiger charge is -2.05. The molecular weight excluding hydrogens is 370 g/mol. The van der Waals surface area contributed by atoms with E-state index < -0.39 is 0 Å². The van der Waals surface area contributed by atoms with E-state index in [1.807, 2.05) is 18.6 Å². The molecule has 30 heavy (non-hydrogen) atoms. The van der Waals surface area contributed by atoms with E-state index in [2.05, 4.69) is 40.9 Å². The van der Waals surface area contributed by atoms with Gasteiger partial charge in [0.15, 0.2) is 0 Å². The van der Waals surface area contributed by atoms with Gasteiger partial charge in [0.1, 0.15) is 5.69 Å². The molecule has 0 fully saturated rings. The Morgan fingerprint density at radius 1 is 0.600 bits per heavy atom. The van der Waals surface area contributed by atoms with Gasteiger partial charge in [-0.3, -0.25) is 15.0 Å². The molecule has 0 radical (unpaired) electrons. The number of unbranched alkanes of at least 4 members (excludes halogenated alkanes) is 8. The maximum Gasteiger partial charge on any atom is 0.107 e. The van der Waals surface area contributed by atoms with Gasteiger partial charge >= 0.3 is 0 Å². The summed E-state index contributed by atoms with van der Waals surface area (Å²) in [5, 5.41) is 0. The number of pyridine rings is 1. The summed E-state index contributed by atoms with van der Waals surface area (Å²) in [4.78, 5) is 13.8. The molecule has 2 rings (SSSR count). The largest absolute Gasteiger partial charge is 0.381 e. The molecule has 0 aromatic carbocycles. The van der Waals surface area contributed by atoms with E-state index in [9.17, 15) is 0 Å². The van der Waals surface area contributed by atoms with Gasteiger partial charge in [0.25, 0.3) is 0 Å². The van der Waals surface area contributed by atoms with Crippen molar-refractivity contribution in [1.82, 2.24) is 15.0 Å². The standard InChI is InChI=1S/C26H41N3O/c1-3-5-7-9-10-14-23-16-17-25(28-20-23)26-22-27-24(21-29-26)15-11-13-19-30-18-12-8-6-4-2/h16-17,20-22H,3-15,18-19H2,1-2H3. The van der Waals surface area contributed by atoms with Crippen molar-refractivity contribution >= 4 is 0 Å². The third kappa shape index (κ3) is 10.3. The fourth-order valence-corrected chi connectivity index (χ4v) is 3.52. The van der Waals surface area contributed by atoms with Crippen LogP contribution in [0.15, 0.2) is 30.7 Å². The summed E-state index contributed by atoms with van der Waals surface area (Å²) >= 11 is 0. The number of ether oxygens (including phenoxy) is 1. The first-order valence-corrected chi connectivity index (χ1v) is 12.2. The molecule has 0 aliphatic carbocycles. The number of hydrogen-bond donors (Lipinski definition) is 0. The highest BCUT2D eigenvalue weighted by molar-refractivity contribution is 5.52. The molecule has 0 bridgehead atoms. The summed E-state index contributed by atoms with van der Waals surface area (Å²) in [7, 11) is 0. The van der Waals surface area contributed by atoms with Gasteiger partial charge in [-0.1, -0.05) is 64.9 Å². The van der Waals surface area contributed by atoms with E-state index in [0.717, 1.165) is 56.0 Å². The van der Waals surface area contributed by atoms with Gasteiger partial charge in [-0.05, 0) is 50.2 Å². The van der Waals surface area contributed by atoms with Gasteiger partial charge in [-0.25, -0.2) is 0 Å². The van der Waals surface area contributed by atoms with Crippen molar-refractivity contribution in [3.05, 3.63) is 42.0 Å². The highest BCUT2D eigenvalue weighted by Gasteiger charge is 2.04. The summed E-state index contributed by atoms with van der Waals surface area (Å²) in [6.07, 6.45) is 21.6. The van der Waals surface area contributed by atoms with Crippen LogP contribution in [0.3, 0.4) is 0 Å². The van der Waals surface area contributed by atoms with Crippen LogP contribution in [-0.4, -0.2) is 28.2 Å². The summed E-state index contributed by atoms with van der Waals surface area (Å²) in [6, 6.07) is 4.25. The third-order valence-electron chi connectivity index (χ3n) is 5.48. The SMILES string of the molecule is CCCCCCCc1ccc(-c2cnc(CCCCOCCCCCC)cn2)nc1. The Kier molecular flexibility index (Phi) is 13.0. The maximum absolute atomic E-state index is 5.70. The van der Waals surface area contributed by atoms with Crippen LogP contribution in [0.5, 0.6) is 0 Å². The van der Waals surface area contributed by atoms with Gasteiger partial charge in [0, 0.05) is 25.6 Å². The molecular formula is C26H41N3O. The van der Waals surface area contributed by atoms with Crippen LogP contribution in [-0.2, 0) is 17.6 Å². The average Bonchev–Trinajstić information content (AvgIpc) is 2.79. The number of hydrogen-bond acceptors (Lipinski definition) is 4. The number of nitrogens with zero attached hydrogens (tertiary/aromatic N) is 3. The average molecular weight is 412 g/mol. The lowest BCUT2D eigenvalue weighted by molar-refractivity contribution is 0.126. The molecule has 2 aromatic heterocycles. The number of rotatable bonds is 17. The Morgan fingerprint density at radius 3 is 1.93 bits per heavy atom. The van der Waals surface area contributed by atoms with Crippen molar-refractivity contribution in [3.8, 4) is 11.4 Å². The summed E-state index contributed by atoms with van der Waals surface area (Å²) in [5.41, 5.74) is 4.11. The Labute approximate surface area is 183 Å². The van der Waals surface area contributed by atoms with Crippen molar-refractivity contribution in [2.24, 2.45) is 0 Å². The smallest absolute Gasteiger partial charge is 0.107 e. The minimum absolute atomic E-state index is 0.851. The van der Waals surface area contributed by atoms with Crippen LogP contribution < -0.4 is 0 Å². The van der Waals surface area contributed by atoms with Crippen LogP contribution in [0, 0.1) is 0 Å². The van der Waals surface area contributed by atoms with Crippen molar-refractivity contribution < 1.29 is 4.74 Å². The molecule has 0 amide bonds. The number of aromatic nitrogens is 3. The first-order valence-electron chi connectivity index (χ1n) is 12.2. The Hall–Kier alpha value is -1.81. The fourth-order valence-electron chi connectivity index (χ4n) is 3.52. The topological polar surface area (TPSA) is 47.9 Å². The van der Waals surface area contributed by atoms with Crippen LogP contribution in [0.2, 0.25) is 0 Å². The first kappa shape index (κ1) is 24.5. The lowest BCUT2D eigenvalue weighted by Crippen LogP contribution is -1.99. The van der Waals surface area contributed by atoms with Crippen LogP contribution >= 0.6 is 0 Å². The van der Waals surface area contributed by atoms with E-state index in [1.165, 1.54) is 63.4 Å². The maximum atomic E-state index is 5.70. The van der Waals surface area contributed by atoms with Crippen molar-refractivity contribution in [1.29, 1.82) is 0 Å². The van der Waals surface area contributed by atoms with Crippen molar-refractivity contribution in [2.75, 3.05) is 13.2 Å². The van der Waals surface area contributed by atoms with Crippen LogP contribution in [0.1, 0.15) is 95.7 Å². The molecule has 0 saturated heterocycles. The molecule has 166 valence electrons. The van der Waals surface area contributed by atoms with E-state index in [0.29, 0.717) is 0 Å². The van der Waals surface area contributed by atoms with E-state index in [1.54, 1.807) is 0 Å². The van der Waals surface area contributed by atoms with E-state index in [-0.39, 0.29) is 0 Å². The molecule has 0 saturated carbocycles. The zero-order valence-corrected chi connectivity index (χ0v) is 19.2. The normalized spacial score (nSPS) is 11.1. The monoisotopic (exact) mass is 411 g/mol. The minimum Gasteiger partial charge on any atom is -0.381 e. The van der Waals surface area contributed by atoms with E-state index in [4.69, 9.17) is 4.74 Å². The van der Waals surface area contributed by atoms with Crippen LogP contribution in [0.4, 0.5) is 0 Å². The first-order chi connectivity index (χ1) is 14.8. The highest BCUT2D eigenvalue weighted by atomic mass is 16.5. The molecule has 0 N–H and O–H groups in total. The molecule has 2 aromatic rings. The highest BCUT2D eigenvalue weighted by Crippen LogP contribution is 2.15. The molecule has 2 heterocycles. The zero-order chi connectivity index (χ0) is 21.3. The predicted molar refractivity (Wildman–Crippen MR) is 126 cm³/mol. The van der Waals surface area contributed by atoms with Gasteiger partial charge in [-0.2, -0.15) is 0 Å². The summed E-state index contributed by atoms with van der Waals surface area (Å²) in [6.45, 7) is 6.25. The second-order valence-electron chi connectivity index (χ2n) is 8.24. The van der Waals surface area contributed by atoms with Crippen molar-refractivity contribution in [3.63, 3.8) is 0 Å². The van der Waals surface area contributed by atoms with Crippen molar-refractivity contribution in [2.45, 2.75) is 97.3 Å². The minimum atomic E-state index is 0.851. The zero-order valence-electron chi connectivity index (χ0n) is 19.2. The molecule has 0 atom stereocenters. The third-order valence-corrected chi connectivity index (χ3v) is 5.48. The molecule has 4 heteroatoms. The second-order valence-corrected chi connectivity index (χ2v) is 8.24. The van der Waals surface area contributed by atoms with Gasteiger partial charge in [0.05, 0.1) is 17.6 Å². The Morgan fingerprint density at radius 2 is 1.27 bits per heavy atom. The van der Waals surface area contributed by atoms with E-state index >= 15 is 0 Å². The molecule has 0 unspecified atom stereocenters. The van der Waals surface area contributed by atoms with Gasteiger partial charge in [-0.15, -0.1) is 0 Å². The fraction of sp³-hybridized carbons (Fsp3) is 0.654. The molecule has 0 spiro atoms. The quantitative estimate of drug-likeness (QED) is 0.264. The molecule has 0 aliphatic rings. The lowest BCUT2D eigenvalue weighted by atomic mass is 10.1. The molecule has 0 aliphatic heterocycles.